The summed E-state index contributed by atoms with van der Waals surface area (Å²) in [6.45, 7) is -0.838. The Kier molecular flexibility index (Phi) is 10.4. The Morgan fingerprint density at radius 3 is 2.21 bits per heavy atom. The number of nitrogens with one attached hydrogen (secondary N) is 4. The molecule has 0 spiro atoms. The van der Waals surface area contributed by atoms with Crippen molar-refractivity contribution in [2.24, 2.45) is 0 Å². The van der Waals surface area contributed by atoms with Crippen molar-refractivity contribution >= 4 is 46.1 Å². The fourth-order valence-electron chi connectivity index (χ4n) is 3.78. The lowest BCUT2D eigenvalue weighted by Crippen LogP contribution is -2.49. The normalized spacial score (nSPS) is 11.2. The lowest BCUT2D eigenvalue weighted by Gasteiger charge is -2.19. The Labute approximate surface area is 224 Å². The number of aliphatic carboxylic acids is 1. The molecule has 11 heteroatoms. The molecule has 0 radical (unpaired) electrons. The van der Waals surface area contributed by atoms with E-state index in [1.807, 2.05) is 60.7 Å². The summed E-state index contributed by atoms with van der Waals surface area (Å²) in [6, 6.07) is 19.3. The van der Waals surface area contributed by atoms with Gasteiger partial charge in [0.2, 0.25) is 23.6 Å². The van der Waals surface area contributed by atoms with Gasteiger partial charge in [0.15, 0.2) is 0 Å². The topological polar surface area (TPSA) is 163 Å². The highest BCUT2D eigenvalue weighted by atomic mass is 16.5. The molecule has 5 N–H and O–H groups in total. The molecule has 0 aromatic heterocycles. The van der Waals surface area contributed by atoms with Gasteiger partial charge in [0.1, 0.15) is 11.8 Å². The van der Waals surface area contributed by atoms with Crippen molar-refractivity contribution in [3.63, 3.8) is 0 Å². The fraction of sp³-hybridized carbons (Fsp3) is 0.250. The molecule has 0 fully saturated rings. The summed E-state index contributed by atoms with van der Waals surface area (Å²) in [5.74, 6) is -2.83. The SMILES string of the molecule is COc1cc(NC(=O)C(Cc2ccccc2)NC(=O)CNC(=O)CNC(=O)CCC(=O)O)cc2ccccc12. The van der Waals surface area contributed by atoms with Crippen molar-refractivity contribution in [3.8, 4) is 5.75 Å². The van der Waals surface area contributed by atoms with Gasteiger partial charge >= 0.3 is 5.97 Å². The molecule has 3 aromatic rings. The number of anilines is 1. The zero-order valence-corrected chi connectivity index (χ0v) is 21.4. The standard InChI is InChI=1S/C28H30N4O7/c1-39-23-15-20(14-19-9-5-6-10-21(19)23)31-28(38)22(13-18-7-3-2-4-8-18)32-26(35)17-30-25(34)16-29-24(33)11-12-27(36)37/h2-10,14-15,22H,11-13,16-17H2,1H3,(H,29,33)(H,30,34)(H,31,38)(H,32,35)(H,36,37). The zero-order chi connectivity index (χ0) is 28.2. The average molecular weight is 535 g/mol. The summed E-state index contributed by atoms with van der Waals surface area (Å²) in [5, 5.41) is 20.5. The van der Waals surface area contributed by atoms with Crippen LogP contribution in [0.4, 0.5) is 5.69 Å². The van der Waals surface area contributed by atoms with Gasteiger partial charge < -0.3 is 31.1 Å². The van der Waals surface area contributed by atoms with Crippen molar-refractivity contribution in [2.75, 3.05) is 25.5 Å². The second-order valence-electron chi connectivity index (χ2n) is 8.65. The van der Waals surface area contributed by atoms with Crippen LogP contribution in [-0.2, 0) is 30.4 Å². The maximum Gasteiger partial charge on any atom is 0.303 e. The number of hydrogen-bond donors (Lipinski definition) is 5. The van der Waals surface area contributed by atoms with Crippen LogP contribution in [0.5, 0.6) is 5.75 Å². The molecule has 204 valence electrons. The van der Waals surface area contributed by atoms with Crippen LogP contribution >= 0.6 is 0 Å². The molecule has 0 aliphatic rings. The largest absolute Gasteiger partial charge is 0.496 e. The molecule has 1 atom stereocenters. The van der Waals surface area contributed by atoms with Gasteiger partial charge in [-0.1, -0.05) is 54.6 Å². The fourth-order valence-corrected chi connectivity index (χ4v) is 3.78. The number of hydrogen-bond acceptors (Lipinski definition) is 6. The van der Waals surface area contributed by atoms with E-state index in [1.165, 1.54) is 0 Å². The van der Waals surface area contributed by atoms with E-state index in [-0.39, 0.29) is 19.3 Å². The number of fused-ring (bicyclic) bond motifs is 1. The van der Waals surface area contributed by atoms with Gasteiger partial charge in [0.05, 0.1) is 26.6 Å². The second kappa shape index (κ2) is 14.1. The van der Waals surface area contributed by atoms with Gasteiger partial charge in [-0.25, -0.2) is 0 Å². The van der Waals surface area contributed by atoms with Crippen LogP contribution in [0.1, 0.15) is 18.4 Å². The lowest BCUT2D eigenvalue weighted by molar-refractivity contribution is -0.138. The third-order valence-corrected chi connectivity index (χ3v) is 5.70. The number of carbonyl (C=O) groups excluding carboxylic acids is 4. The van der Waals surface area contributed by atoms with Crippen molar-refractivity contribution < 1.29 is 33.8 Å². The van der Waals surface area contributed by atoms with E-state index in [0.717, 1.165) is 16.3 Å². The highest BCUT2D eigenvalue weighted by Crippen LogP contribution is 2.29. The van der Waals surface area contributed by atoms with Crippen molar-refractivity contribution in [1.29, 1.82) is 0 Å². The maximum absolute atomic E-state index is 13.3. The minimum Gasteiger partial charge on any atom is -0.496 e. The second-order valence-corrected chi connectivity index (χ2v) is 8.65. The third-order valence-electron chi connectivity index (χ3n) is 5.70. The molecular weight excluding hydrogens is 504 g/mol. The van der Waals surface area contributed by atoms with Crippen LogP contribution in [0.3, 0.4) is 0 Å². The summed E-state index contributed by atoms with van der Waals surface area (Å²) in [4.78, 5) is 60.0. The minimum atomic E-state index is -1.12. The Bertz CT molecular complexity index is 1340. The quantitative estimate of drug-likeness (QED) is 0.222. The molecule has 3 rings (SSSR count). The molecule has 0 heterocycles. The zero-order valence-electron chi connectivity index (χ0n) is 21.4. The molecule has 4 amide bonds. The average Bonchev–Trinajstić information content (AvgIpc) is 2.93. The van der Waals surface area contributed by atoms with Gasteiger partial charge in [0.25, 0.3) is 0 Å². The van der Waals surface area contributed by atoms with Crippen molar-refractivity contribution in [2.45, 2.75) is 25.3 Å². The summed E-state index contributed by atoms with van der Waals surface area (Å²) in [6.07, 6.45) is -0.411. The number of rotatable bonds is 13. The molecule has 0 aliphatic heterocycles. The van der Waals surface area contributed by atoms with Gasteiger partial charge in [-0.3, -0.25) is 24.0 Å². The first kappa shape index (κ1) is 28.6. The van der Waals surface area contributed by atoms with Crippen LogP contribution in [0.15, 0.2) is 66.7 Å². The van der Waals surface area contributed by atoms with E-state index < -0.39 is 48.7 Å². The number of carboxylic acid groups (broad SMARTS) is 1. The Morgan fingerprint density at radius 1 is 0.821 bits per heavy atom. The van der Waals surface area contributed by atoms with Gasteiger partial charge in [0, 0.05) is 30.0 Å². The summed E-state index contributed by atoms with van der Waals surface area (Å²) >= 11 is 0. The number of amides is 4. The summed E-state index contributed by atoms with van der Waals surface area (Å²) < 4.78 is 5.47. The third kappa shape index (κ3) is 9.15. The van der Waals surface area contributed by atoms with E-state index in [0.29, 0.717) is 11.4 Å². The van der Waals surface area contributed by atoms with Gasteiger partial charge in [-0.2, -0.15) is 0 Å². The molecule has 3 aromatic carbocycles. The van der Waals surface area contributed by atoms with Crippen LogP contribution in [0.25, 0.3) is 10.8 Å². The molecular formula is C28H30N4O7. The Hall–Kier alpha value is -4.93. The summed E-state index contributed by atoms with van der Waals surface area (Å²) in [7, 11) is 1.54. The van der Waals surface area contributed by atoms with Crippen LogP contribution in [-0.4, -0.2) is 60.9 Å². The predicted octanol–water partition coefficient (Wildman–Crippen LogP) is 1.61. The number of benzene rings is 3. The van der Waals surface area contributed by atoms with E-state index in [1.54, 1.807) is 13.2 Å². The highest BCUT2D eigenvalue weighted by Gasteiger charge is 2.22. The molecule has 11 nitrogen and oxygen atoms in total. The molecule has 39 heavy (non-hydrogen) atoms. The number of methoxy groups -OCH3 is 1. The van der Waals surface area contributed by atoms with E-state index in [2.05, 4.69) is 21.3 Å². The number of carboxylic acids is 1. The maximum atomic E-state index is 13.3. The van der Waals surface area contributed by atoms with Crippen LogP contribution in [0.2, 0.25) is 0 Å². The molecule has 0 saturated heterocycles. The molecule has 0 saturated carbocycles. The highest BCUT2D eigenvalue weighted by molar-refractivity contribution is 6.01. The molecule has 0 aliphatic carbocycles. The van der Waals surface area contributed by atoms with Crippen molar-refractivity contribution in [1.82, 2.24) is 16.0 Å². The smallest absolute Gasteiger partial charge is 0.303 e. The first-order chi connectivity index (χ1) is 18.7. The molecule has 1 unspecified atom stereocenters. The number of ether oxygens (including phenoxy) is 1. The van der Waals surface area contributed by atoms with Gasteiger partial charge in [-0.15, -0.1) is 0 Å². The van der Waals surface area contributed by atoms with E-state index in [4.69, 9.17) is 9.84 Å². The van der Waals surface area contributed by atoms with E-state index in [9.17, 15) is 24.0 Å². The van der Waals surface area contributed by atoms with Crippen LogP contribution < -0.4 is 26.0 Å². The first-order valence-electron chi connectivity index (χ1n) is 12.2. The van der Waals surface area contributed by atoms with Gasteiger partial charge in [-0.05, 0) is 17.0 Å². The Morgan fingerprint density at radius 2 is 1.49 bits per heavy atom. The monoisotopic (exact) mass is 534 g/mol. The number of carbonyl (C=O) groups is 5. The van der Waals surface area contributed by atoms with Crippen LogP contribution in [0, 0.1) is 0 Å². The lowest BCUT2D eigenvalue weighted by atomic mass is 10.0. The Balaban J connectivity index is 1.62. The summed E-state index contributed by atoms with van der Waals surface area (Å²) in [5.41, 5.74) is 1.32. The molecule has 0 bridgehead atoms. The van der Waals surface area contributed by atoms with Crippen molar-refractivity contribution in [3.05, 3.63) is 72.3 Å². The van der Waals surface area contributed by atoms with E-state index >= 15 is 0 Å². The predicted molar refractivity (Wildman–Crippen MR) is 144 cm³/mol. The minimum absolute atomic E-state index is 0.205. The first-order valence-corrected chi connectivity index (χ1v) is 12.2.